The molecule has 0 bridgehead atoms. The molecule has 1 aliphatic carbocycles. The van der Waals surface area contributed by atoms with E-state index in [9.17, 15) is 13.2 Å². The first-order chi connectivity index (χ1) is 11.0. The molecular weight excluding hydrogens is 312 g/mol. The van der Waals surface area contributed by atoms with Crippen molar-refractivity contribution >= 4 is 15.8 Å². The largest absolute Gasteiger partial charge is 0.299 e. The Kier molecular flexibility index (Phi) is 4.85. The second-order valence-corrected chi connectivity index (χ2v) is 8.46. The highest BCUT2D eigenvalue weighted by molar-refractivity contribution is 7.89. The molecule has 0 saturated carbocycles. The van der Waals surface area contributed by atoms with Gasteiger partial charge in [0.2, 0.25) is 10.0 Å². The normalized spacial score (nSPS) is 20.2. The number of carbonyl (C=O) groups excluding carboxylic acids is 1. The average Bonchev–Trinajstić information content (AvgIpc) is 2.54. The molecule has 126 valence electrons. The van der Waals surface area contributed by atoms with Gasteiger partial charge in [-0.25, -0.2) is 8.42 Å². The van der Waals surface area contributed by atoms with E-state index in [0.29, 0.717) is 37.6 Å². The molecule has 0 unspecified atom stereocenters. The lowest BCUT2D eigenvalue weighted by atomic mass is 9.92. The first-order valence-corrected chi connectivity index (χ1v) is 9.74. The van der Waals surface area contributed by atoms with E-state index in [4.69, 9.17) is 0 Å². The molecule has 1 fully saturated rings. The fourth-order valence-electron chi connectivity index (χ4n) is 3.46. The lowest BCUT2D eigenvalue weighted by Gasteiger charge is -2.33. The Bertz CT molecular complexity index is 692. The summed E-state index contributed by atoms with van der Waals surface area (Å²) < 4.78 is 27.2. The van der Waals surface area contributed by atoms with Gasteiger partial charge in [0.05, 0.1) is 11.4 Å². The lowest BCUT2D eigenvalue weighted by molar-refractivity contribution is -0.118. The predicted octanol–water partition coefficient (Wildman–Crippen LogP) is 1.46. The third-order valence-electron chi connectivity index (χ3n) is 4.74. The maximum absolute atomic E-state index is 12.8. The first kappa shape index (κ1) is 16.6. The molecule has 0 amide bonds. The topological polar surface area (TPSA) is 57.7 Å². The number of hydrogen-bond acceptors (Lipinski definition) is 4. The molecule has 23 heavy (non-hydrogen) atoms. The van der Waals surface area contributed by atoms with Gasteiger partial charge in [-0.3, -0.25) is 9.69 Å². The molecule has 3 rings (SSSR count). The van der Waals surface area contributed by atoms with Gasteiger partial charge in [0.15, 0.2) is 0 Å². The molecular formula is C17H24N2O3S. The smallest absolute Gasteiger partial charge is 0.243 e. The molecule has 1 heterocycles. The molecule has 2 aliphatic rings. The number of nitrogens with zero attached hydrogens (tertiary/aromatic N) is 2. The zero-order chi connectivity index (χ0) is 16.4. The number of ketones is 1. The summed E-state index contributed by atoms with van der Waals surface area (Å²) in [5.74, 6) is 0.121. The van der Waals surface area contributed by atoms with Crippen LogP contribution >= 0.6 is 0 Å². The van der Waals surface area contributed by atoms with Gasteiger partial charge in [-0.05, 0) is 55.9 Å². The molecule has 1 aromatic carbocycles. The molecule has 0 radical (unpaired) electrons. The van der Waals surface area contributed by atoms with Crippen LogP contribution in [0.25, 0.3) is 0 Å². The predicted molar refractivity (Wildman–Crippen MR) is 89.0 cm³/mol. The molecule has 0 spiro atoms. The van der Waals surface area contributed by atoms with Crippen LogP contribution in [0.1, 0.15) is 30.9 Å². The third kappa shape index (κ3) is 3.65. The van der Waals surface area contributed by atoms with Crippen molar-refractivity contribution in [2.75, 3.05) is 32.7 Å². The highest BCUT2D eigenvalue weighted by atomic mass is 32.2. The van der Waals surface area contributed by atoms with Crippen molar-refractivity contribution in [3.63, 3.8) is 0 Å². The summed E-state index contributed by atoms with van der Waals surface area (Å²) in [6.07, 6.45) is 4.36. The molecule has 6 heteroatoms. The number of carbonyl (C=O) groups is 1. The van der Waals surface area contributed by atoms with E-state index < -0.39 is 10.0 Å². The minimum atomic E-state index is -3.43. The number of piperazine rings is 1. The Hall–Kier alpha value is -1.24. The quantitative estimate of drug-likeness (QED) is 0.835. The number of aryl methyl sites for hydroxylation is 2. The fourth-order valence-corrected chi connectivity index (χ4v) is 4.94. The summed E-state index contributed by atoms with van der Waals surface area (Å²) in [4.78, 5) is 13.6. The Morgan fingerprint density at radius 3 is 2.35 bits per heavy atom. The van der Waals surface area contributed by atoms with Crippen LogP contribution < -0.4 is 0 Å². The lowest BCUT2D eigenvalue weighted by Crippen LogP contribution is -2.49. The van der Waals surface area contributed by atoms with Gasteiger partial charge < -0.3 is 0 Å². The van der Waals surface area contributed by atoms with Gasteiger partial charge in [0.25, 0.3) is 0 Å². The number of Topliss-reactive ketones (excluding diaryl/α,β-unsaturated/α-hetero) is 1. The van der Waals surface area contributed by atoms with Gasteiger partial charge >= 0.3 is 0 Å². The van der Waals surface area contributed by atoms with Crippen molar-refractivity contribution in [3.05, 3.63) is 29.3 Å². The summed E-state index contributed by atoms with van der Waals surface area (Å²) in [5, 5.41) is 0. The van der Waals surface area contributed by atoms with Gasteiger partial charge in [-0.2, -0.15) is 4.31 Å². The van der Waals surface area contributed by atoms with Crippen LogP contribution in [0.2, 0.25) is 0 Å². The van der Waals surface area contributed by atoms with E-state index in [0.717, 1.165) is 19.3 Å². The van der Waals surface area contributed by atoms with E-state index in [1.54, 1.807) is 17.3 Å². The van der Waals surface area contributed by atoms with Crippen LogP contribution in [-0.2, 0) is 27.7 Å². The summed E-state index contributed by atoms with van der Waals surface area (Å²) >= 11 is 0. The van der Waals surface area contributed by atoms with E-state index in [1.807, 2.05) is 17.0 Å². The monoisotopic (exact) mass is 336 g/mol. The van der Waals surface area contributed by atoms with Gasteiger partial charge in [-0.15, -0.1) is 0 Å². The fraction of sp³-hybridized carbons (Fsp3) is 0.588. The van der Waals surface area contributed by atoms with Gasteiger partial charge in [-0.1, -0.05) is 6.07 Å². The van der Waals surface area contributed by atoms with Gasteiger partial charge in [0.1, 0.15) is 5.78 Å². The van der Waals surface area contributed by atoms with Crippen LogP contribution in [-0.4, -0.2) is 56.1 Å². The van der Waals surface area contributed by atoms with Crippen molar-refractivity contribution in [2.45, 2.75) is 37.5 Å². The van der Waals surface area contributed by atoms with Crippen LogP contribution in [0.4, 0.5) is 0 Å². The second kappa shape index (κ2) is 6.71. The van der Waals surface area contributed by atoms with Crippen molar-refractivity contribution < 1.29 is 13.2 Å². The van der Waals surface area contributed by atoms with Gasteiger partial charge in [0, 0.05) is 26.2 Å². The zero-order valence-corrected chi connectivity index (χ0v) is 14.4. The number of benzene rings is 1. The first-order valence-electron chi connectivity index (χ1n) is 8.30. The minimum Gasteiger partial charge on any atom is -0.299 e. The van der Waals surface area contributed by atoms with Crippen LogP contribution in [0.5, 0.6) is 0 Å². The van der Waals surface area contributed by atoms with Crippen molar-refractivity contribution in [2.24, 2.45) is 0 Å². The van der Waals surface area contributed by atoms with Crippen LogP contribution in [0.15, 0.2) is 23.1 Å². The highest BCUT2D eigenvalue weighted by Crippen LogP contribution is 2.26. The Morgan fingerprint density at radius 1 is 1.04 bits per heavy atom. The molecule has 1 aromatic rings. The van der Waals surface area contributed by atoms with E-state index in [1.165, 1.54) is 17.5 Å². The number of fused-ring (bicyclic) bond motifs is 1. The van der Waals surface area contributed by atoms with E-state index in [-0.39, 0.29) is 5.78 Å². The standard InChI is InChI=1S/C17H24N2O3S/c1-14(20)13-18-8-10-19(11-9-18)23(21,22)17-7-6-15-4-2-3-5-16(15)12-17/h6-7,12H,2-5,8-11,13H2,1H3. The van der Waals surface area contributed by atoms with E-state index in [2.05, 4.69) is 0 Å². The summed E-state index contributed by atoms with van der Waals surface area (Å²) in [6.45, 7) is 4.11. The third-order valence-corrected chi connectivity index (χ3v) is 6.63. The number of hydrogen-bond donors (Lipinski definition) is 0. The number of rotatable bonds is 4. The summed E-state index contributed by atoms with van der Waals surface area (Å²) in [5.41, 5.74) is 2.48. The SMILES string of the molecule is CC(=O)CN1CCN(S(=O)(=O)c2ccc3c(c2)CCCC3)CC1. The second-order valence-electron chi connectivity index (χ2n) is 6.52. The van der Waals surface area contributed by atoms with Crippen molar-refractivity contribution in [1.82, 2.24) is 9.21 Å². The average molecular weight is 336 g/mol. The maximum Gasteiger partial charge on any atom is 0.243 e. The molecule has 0 N–H and O–H groups in total. The highest BCUT2D eigenvalue weighted by Gasteiger charge is 2.29. The molecule has 1 saturated heterocycles. The van der Waals surface area contributed by atoms with Crippen molar-refractivity contribution in [1.29, 1.82) is 0 Å². The molecule has 1 aliphatic heterocycles. The van der Waals surface area contributed by atoms with Crippen LogP contribution in [0, 0.1) is 0 Å². The van der Waals surface area contributed by atoms with Crippen molar-refractivity contribution in [3.8, 4) is 0 Å². The Balaban J connectivity index is 1.73. The summed E-state index contributed by atoms with van der Waals surface area (Å²) in [6, 6.07) is 5.60. The Labute approximate surface area is 138 Å². The molecule has 0 aromatic heterocycles. The summed E-state index contributed by atoms with van der Waals surface area (Å²) in [7, 11) is -3.43. The van der Waals surface area contributed by atoms with Crippen LogP contribution in [0.3, 0.4) is 0 Å². The number of sulfonamides is 1. The molecule has 0 atom stereocenters. The Morgan fingerprint density at radius 2 is 1.70 bits per heavy atom. The molecule has 5 nitrogen and oxygen atoms in total. The minimum absolute atomic E-state index is 0.121. The van der Waals surface area contributed by atoms with E-state index >= 15 is 0 Å². The maximum atomic E-state index is 12.8. The zero-order valence-electron chi connectivity index (χ0n) is 13.6.